The van der Waals surface area contributed by atoms with Crippen LogP contribution in [-0.4, -0.2) is 24.3 Å². The van der Waals surface area contributed by atoms with Gasteiger partial charge in [-0.2, -0.15) is 5.10 Å². The highest BCUT2D eigenvalue weighted by atomic mass is 79.9. The molecule has 0 amide bonds. The topological polar surface area (TPSA) is 55.3 Å². The summed E-state index contributed by atoms with van der Waals surface area (Å²) in [7, 11) is 0. The van der Waals surface area contributed by atoms with Gasteiger partial charge in [-0.1, -0.05) is 6.07 Å². The highest BCUT2D eigenvalue weighted by Gasteiger charge is 2.13. The van der Waals surface area contributed by atoms with Gasteiger partial charge in [0.1, 0.15) is 5.65 Å². The summed E-state index contributed by atoms with van der Waals surface area (Å²) in [4.78, 5) is 4.45. The Bertz CT molecular complexity index is 673. The average Bonchev–Trinajstić information content (AvgIpc) is 2.91. The first-order chi connectivity index (χ1) is 8.29. The van der Waals surface area contributed by atoms with Gasteiger partial charge in [0.15, 0.2) is 5.82 Å². The van der Waals surface area contributed by atoms with Crippen LogP contribution in [0.15, 0.2) is 41.3 Å². The molecule has 1 N–H and O–H groups in total. The second kappa shape index (κ2) is 3.97. The van der Waals surface area contributed by atoms with Crippen molar-refractivity contribution in [1.29, 1.82) is 0 Å². The Hall–Kier alpha value is -1.66. The molecule has 3 aromatic heterocycles. The van der Waals surface area contributed by atoms with Crippen LogP contribution >= 0.6 is 15.9 Å². The summed E-state index contributed by atoms with van der Waals surface area (Å²) in [6.45, 7) is -0.0853. The van der Waals surface area contributed by atoms with E-state index in [0.717, 1.165) is 15.8 Å². The first-order valence-electron chi connectivity index (χ1n) is 5.07. The average molecular weight is 293 g/mol. The number of aliphatic hydroxyl groups excluding tert-OH is 1. The zero-order valence-electron chi connectivity index (χ0n) is 8.79. The molecular weight excluding hydrogens is 284 g/mol. The number of hydrogen-bond acceptors (Lipinski definition) is 3. The number of rotatable bonds is 2. The molecule has 0 aliphatic heterocycles. The predicted octanol–water partition coefficient (Wildman–Crippen LogP) is 1.77. The van der Waals surface area contributed by atoms with Gasteiger partial charge < -0.3 is 5.11 Å². The van der Waals surface area contributed by atoms with Crippen LogP contribution in [0.5, 0.6) is 0 Å². The van der Waals surface area contributed by atoms with E-state index in [1.165, 1.54) is 0 Å². The summed E-state index contributed by atoms with van der Waals surface area (Å²) in [6.07, 6.45) is 5.36. The number of nitrogens with zero attached hydrogens (tertiary/aromatic N) is 4. The third-order valence-corrected chi connectivity index (χ3v) is 2.94. The molecule has 3 rings (SSSR count). The van der Waals surface area contributed by atoms with Crippen molar-refractivity contribution in [2.75, 3.05) is 0 Å². The van der Waals surface area contributed by atoms with Crippen LogP contribution in [0.1, 0.15) is 5.69 Å². The Morgan fingerprint density at radius 3 is 2.94 bits per heavy atom. The minimum Gasteiger partial charge on any atom is -0.390 e. The van der Waals surface area contributed by atoms with Crippen LogP contribution in [-0.2, 0) is 6.61 Å². The van der Waals surface area contributed by atoms with E-state index in [2.05, 4.69) is 26.0 Å². The highest BCUT2D eigenvalue weighted by molar-refractivity contribution is 9.10. The molecule has 0 aromatic carbocycles. The number of fused-ring (bicyclic) bond motifs is 1. The normalized spacial score (nSPS) is 11.2. The third-order valence-electron chi connectivity index (χ3n) is 2.53. The standard InChI is InChI=1S/C11H9BrN4O/c12-8-5-13-16(6-8)11-9(7-17)15-4-2-1-3-10(15)14-11/h1-6,17H,7H2. The highest BCUT2D eigenvalue weighted by Crippen LogP contribution is 2.18. The molecule has 0 bridgehead atoms. The van der Waals surface area contributed by atoms with E-state index in [4.69, 9.17) is 0 Å². The maximum Gasteiger partial charge on any atom is 0.178 e. The molecule has 0 radical (unpaired) electrons. The summed E-state index contributed by atoms with van der Waals surface area (Å²) < 4.78 is 4.37. The van der Waals surface area contributed by atoms with Crippen molar-refractivity contribution < 1.29 is 5.11 Å². The fraction of sp³-hybridized carbons (Fsp3) is 0.0909. The summed E-state index contributed by atoms with van der Waals surface area (Å²) in [6, 6.07) is 5.70. The zero-order chi connectivity index (χ0) is 11.8. The smallest absolute Gasteiger partial charge is 0.178 e. The Morgan fingerprint density at radius 1 is 1.35 bits per heavy atom. The Labute approximate surface area is 105 Å². The lowest BCUT2D eigenvalue weighted by molar-refractivity contribution is 0.275. The molecule has 0 saturated heterocycles. The molecule has 3 heterocycles. The van der Waals surface area contributed by atoms with Gasteiger partial charge in [-0.3, -0.25) is 4.40 Å². The molecule has 86 valence electrons. The lowest BCUT2D eigenvalue weighted by Gasteiger charge is -2.00. The SMILES string of the molecule is OCc1c(-n2cc(Br)cn2)nc2ccccn12. The molecule has 0 unspecified atom stereocenters. The fourth-order valence-corrected chi connectivity index (χ4v) is 2.07. The Kier molecular flexibility index (Phi) is 2.45. The Balaban J connectivity index is 2.29. The van der Waals surface area contributed by atoms with Crippen LogP contribution in [0.25, 0.3) is 11.5 Å². The van der Waals surface area contributed by atoms with Crippen LogP contribution in [0.2, 0.25) is 0 Å². The number of aromatic nitrogens is 4. The molecule has 0 spiro atoms. The van der Waals surface area contributed by atoms with E-state index >= 15 is 0 Å². The molecule has 3 aromatic rings. The van der Waals surface area contributed by atoms with Crippen molar-refractivity contribution in [2.45, 2.75) is 6.61 Å². The number of pyridine rings is 1. The van der Waals surface area contributed by atoms with E-state index in [1.807, 2.05) is 28.8 Å². The zero-order valence-corrected chi connectivity index (χ0v) is 10.4. The molecular formula is C11H9BrN4O. The van der Waals surface area contributed by atoms with Crippen LogP contribution < -0.4 is 0 Å². The molecule has 17 heavy (non-hydrogen) atoms. The molecule has 5 nitrogen and oxygen atoms in total. The fourth-order valence-electron chi connectivity index (χ4n) is 1.78. The van der Waals surface area contributed by atoms with Crippen molar-refractivity contribution in [3.63, 3.8) is 0 Å². The van der Waals surface area contributed by atoms with E-state index < -0.39 is 0 Å². The van der Waals surface area contributed by atoms with Gasteiger partial charge in [0.2, 0.25) is 0 Å². The number of halogens is 1. The quantitative estimate of drug-likeness (QED) is 0.783. The van der Waals surface area contributed by atoms with E-state index in [9.17, 15) is 5.11 Å². The molecule has 0 saturated carbocycles. The third kappa shape index (κ3) is 1.65. The second-order valence-electron chi connectivity index (χ2n) is 3.57. The minimum atomic E-state index is -0.0853. The summed E-state index contributed by atoms with van der Waals surface area (Å²) >= 11 is 3.34. The van der Waals surface area contributed by atoms with E-state index in [1.54, 1.807) is 17.1 Å². The van der Waals surface area contributed by atoms with Crippen LogP contribution in [0.4, 0.5) is 0 Å². The van der Waals surface area contributed by atoms with Crippen molar-refractivity contribution in [3.05, 3.63) is 47.0 Å². The summed E-state index contributed by atoms with van der Waals surface area (Å²) in [5.41, 5.74) is 1.51. The van der Waals surface area contributed by atoms with Gasteiger partial charge in [0.25, 0.3) is 0 Å². The largest absolute Gasteiger partial charge is 0.390 e. The van der Waals surface area contributed by atoms with E-state index in [0.29, 0.717) is 5.82 Å². The molecule has 6 heteroatoms. The van der Waals surface area contributed by atoms with E-state index in [-0.39, 0.29) is 6.61 Å². The van der Waals surface area contributed by atoms with Gasteiger partial charge in [-0.25, -0.2) is 9.67 Å². The number of imidazole rings is 1. The number of aliphatic hydroxyl groups is 1. The predicted molar refractivity (Wildman–Crippen MR) is 65.9 cm³/mol. The first-order valence-corrected chi connectivity index (χ1v) is 5.86. The summed E-state index contributed by atoms with van der Waals surface area (Å²) in [5.74, 6) is 0.643. The van der Waals surface area contributed by atoms with Crippen molar-refractivity contribution >= 4 is 21.6 Å². The maximum absolute atomic E-state index is 9.46. The lowest BCUT2D eigenvalue weighted by atomic mass is 10.4. The van der Waals surface area contributed by atoms with Crippen molar-refractivity contribution in [3.8, 4) is 5.82 Å². The van der Waals surface area contributed by atoms with Gasteiger partial charge in [0, 0.05) is 12.4 Å². The number of hydrogen-bond donors (Lipinski definition) is 1. The minimum absolute atomic E-state index is 0.0853. The molecule has 0 fully saturated rings. The molecule has 0 atom stereocenters. The molecule has 0 aliphatic rings. The van der Waals surface area contributed by atoms with Crippen molar-refractivity contribution in [2.24, 2.45) is 0 Å². The van der Waals surface area contributed by atoms with Gasteiger partial charge >= 0.3 is 0 Å². The first kappa shape index (κ1) is 10.5. The van der Waals surface area contributed by atoms with Crippen LogP contribution in [0, 0.1) is 0 Å². The monoisotopic (exact) mass is 292 g/mol. The van der Waals surface area contributed by atoms with Crippen LogP contribution in [0.3, 0.4) is 0 Å². The van der Waals surface area contributed by atoms with Crippen molar-refractivity contribution in [1.82, 2.24) is 19.2 Å². The lowest BCUT2D eigenvalue weighted by Crippen LogP contribution is -2.01. The maximum atomic E-state index is 9.46. The summed E-state index contributed by atoms with van der Waals surface area (Å²) in [5, 5.41) is 13.6. The second-order valence-corrected chi connectivity index (χ2v) is 4.49. The van der Waals surface area contributed by atoms with Gasteiger partial charge in [-0.05, 0) is 28.1 Å². The van der Waals surface area contributed by atoms with Gasteiger partial charge in [-0.15, -0.1) is 0 Å². The Morgan fingerprint density at radius 2 is 2.24 bits per heavy atom. The molecule has 0 aliphatic carbocycles. The van der Waals surface area contributed by atoms with Gasteiger partial charge in [0.05, 0.1) is 23.0 Å².